The van der Waals surface area contributed by atoms with Gasteiger partial charge in [-0.2, -0.15) is 0 Å². The van der Waals surface area contributed by atoms with Crippen LogP contribution in [0.1, 0.15) is 28.0 Å². The molecular weight excluding hydrogens is 456 g/mol. The number of hydrogen-bond acceptors (Lipinski definition) is 6. The zero-order chi connectivity index (χ0) is 23.4. The Hall–Kier alpha value is -2.75. The number of sulfonamides is 1. The Balaban J connectivity index is 1.40. The van der Waals surface area contributed by atoms with Gasteiger partial charge in [-0.1, -0.05) is 18.2 Å². The number of thiazole rings is 1. The van der Waals surface area contributed by atoms with Crippen molar-refractivity contribution in [3.05, 3.63) is 76.2 Å². The maximum Gasteiger partial charge on any atom is 0.264 e. The van der Waals surface area contributed by atoms with E-state index in [1.54, 1.807) is 42.5 Å². The van der Waals surface area contributed by atoms with Gasteiger partial charge in [-0.25, -0.2) is 13.4 Å². The summed E-state index contributed by atoms with van der Waals surface area (Å²) in [7, 11) is -3.71. The van der Waals surface area contributed by atoms with Crippen LogP contribution in [0.15, 0.2) is 64.9 Å². The minimum Gasteiger partial charge on any atom is -0.336 e. The van der Waals surface area contributed by atoms with E-state index in [1.807, 2.05) is 30.0 Å². The topological polar surface area (TPSA) is 73.8 Å². The van der Waals surface area contributed by atoms with Crippen molar-refractivity contribution in [2.24, 2.45) is 0 Å². The molecule has 0 radical (unpaired) electrons. The number of aryl methyl sites for hydroxylation is 1. The minimum absolute atomic E-state index is 0.0708. The van der Waals surface area contributed by atoms with E-state index in [4.69, 9.17) is 0 Å². The Morgan fingerprint density at radius 3 is 2.27 bits per heavy atom. The Kier molecular flexibility index (Phi) is 7.11. The van der Waals surface area contributed by atoms with E-state index in [-0.39, 0.29) is 10.8 Å². The average Bonchev–Trinajstić information content (AvgIpc) is 3.24. The van der Waals surface area contributed by atoms with Gasteiger partial charge in [0.1, 0.15) is 0 Å². The highest BCUT2D eigenvalue weighted by molar-refractivity contribution is 7.92. The van der Waals surface area contributed by atoms with Gasteiger partial charge in [-0.3, -0.25) is 14.0 Å². The fourth-order valence-corrected chi connectivity index (χ4v) is 6.06. The van der Waals surface area contributed by atoms with Crippen molar-refractivity contribution in [3.8, 4) is 0 Å². The van der Waals surface area contributed by atoms with Crippen LogP contribution in [0.25, 0.3) is 0 Å². The normalized spacial score (nSPS) is 14.9. The summed E-state index contributed by atoms with van der Waals surface area (Å²) in [5, 5.41) is 3.15. The molecule has 1 aromatic heterocycles. The number of hydrogen-bond donors (Lipinski definition) is 0. The van der Waals surface area contributed by atoms with Crippen molar-refractivity contribution in [2.75, 3.05) is 37.0 Å². The highest BCUT2D eigenvalue weighted by atomic mass is 32.2. The van der Waals surface area contributed by atoms with Crippen LogP contribution in [0.4, 0.5) is 5.69 Å². The Morgan fingerprint density at radius 1 is 1.03 bits per heavy atom. The second-order valence-electron chi connectivity index (χ2n) is 7.96. The van der Waals surface area contributed by atoms with E-state index in [1.165, 1.54) is 16.4 Å². The first-order valence-corrected chi connectivity index (χ1v) is 13.3. The number of nitrogens with zero attached hydrogens (tertiary/aromatic N) is 4. The second-order valence-corrected chi connectivity index (χ2v) is 10.9. The molecule has 1 aliphatic heterocycles. The second kappa shape index (κ2) is 10.0. The zero-order valence-electron chi connectivity index (χ0n) is 18.8. The number of carbonyl (C=O) groups is 1. The zero-order valence-corrected chi connectivity index (χ0v) is 20.5. The van der Waals surface area contributed by atoms with E-state index >= 15 is 0 Å². The summed E-state index contributed by atoms with van der Waals surface area (Å²) < 4.78 is 27.7. The highest BCUT2D eigenvalue weighted by Crippen LogP contribution is 2.24. The van der Waals surface area contributed by atoms with Gasteiger partial charge in [0, 0.05) is 50.2 Å². The monoisotopic (exact) mass is 484 g/mol. The number of benzene rings is 2. The van der Waals surface area contributed by atoms with Gasteiger partial charge in [0.2, 0.25) is 0 Å². The van der Waals surface area contributed by atoms with E-state index in [0.717, 1.165) is 30.3 Å². The van der Waals surface area contributed by atoms with Crippen molar-refractivity contribution < 1.29 is 13.2 Å². The fraction of sp³-hybridized carbons (Fsp3) is 0.333. The lowest BCUT2D eigenvalue weighted by molar-refractivity contribution is 0.0627. The van der Waals surface area contributed by atoms with Gasteiger partial charge in [0.25, 0.3) is 15.9 Å². The van der Waals surface area contributed by atoms with Gasteiger partial charge in [0.05, 0.1) is 21.3 Å². The highest BCUT2D eigenvalue weighted by Gasteiger charge is 2.26. The third-order valence-corrected chi connectivity index (χ3v) is 8.47. The molecule has 0 bridgehead atoms. The average molecular weight is 485 g/mol. The molecule has 0 N–H and O–H groups in total. The molecule has 1 fully saturated rings. The lowest BCUT2D eigenvalue weighted by Gasteiger charge is -2.34. The number of amides is 1. The van der Waals surface area contributed by atoms with E-state index < -0.39 is 10.0 Å². The summed E-state index contributed by atoms with van der Waals surface area (Å²) in [6, 6.07) is 15.3. The molecule has 1 saturated heterocycles. The first kappa shape index (κ1) is 23.4. The van der Waals surface area contributed by atoms with Crippen LogP contribution in [0, 0.1) is 6.92 Å². The lowest BCUT2D eigenvalue weighted by Crippen LogP contribution is -2.48. The predicted octanol–water partition coefficient (Wildman–Crippen LogP) is 3.62. The molecule has 1 amide bonds. The van der Waals surface area contributed by atoms with Crippen molar-refractivity contribution in [1.82, 2.24) is 14.8 Å². The predicted molar refractivity (Wildman–Crippen MR) is 131 cm³/mol. The standard InChI is InChI=1S/C24H28N4O3S2/c1-3-28(22-7-5-4-6-8-22)33(30,31)23-11-9-20(10-12-23)24(29)27-15-13-26(14-16-27)17-21-18-32-19(2)25-21/h4-12,18H,3,13-17H2,1-2H3. The Morgan fingerprint density at radius 2 is 1.70 bits per heavy atom. The van der Waals surface area contributed by atoms with Crippen molar-refractivity contribution >= 4 is 33.0 Å². The summed E-state index contributed by atoms with van der Waals surface area (Å²) in [6.07, 6.45) is 0. The molecule has 7 nitrogen and oxygen atoms in total. The van der Waals surface area contributed by atoms with E-state index in [0.29, 0.717) is 30.9 Å². The smallest absolute Gasteiger partial charge is 0.264 e. The first-order chi connectivity index (χ1) is 15.9. The van der Waals surface area contributed by atoms with Gasteiger partial charge >= 0.3 is 0 Å². The summed E-state index contributed by atoms with van der Waals surface area (Å²) in [4.78, 5) is 21.8. The van der Waals surface area contributed by atoms with Gasteiger partial charge < -0.3 is 4.90 Å². The number of rotatable bonds is 7. The molecule has 0 saturated carbocycles. The number of carbonyl (C=O) groups excluding carboxylic acids is 1. The van der Waals surface area contributed by atoms with Gasteiger partial charge in [0.15, 0.2) is 0 Å². The van der Waals surface area contributed by atoms with E-state index in [2.05, 4.69) is 15.3 Å². The number of piperazine rings is 1. The molecule has 9 heteroatoms. The molecule has 0 aliphatic carbocycles. The molecule has 0 atom stereocenters. The third kappa shape index (κ3) is 5.26. The molecule has 2 aromatic carbocycles. The number of anilines is 1. The van der Waals surface area contributed by atoms with Crippen molar-refractivity contribution in [2.45, 2.75) is 25.3 Å². The maximum atomic E-state index is 13.2. The number of para-hydroxylation sites is 1. The van der Waals surface area contributed by atoms with Crippen LogP contribution in [-0.2, 0) is 16.6 Å². The quantitative estimate of drug-likeness (QED) is 0.512. The molecule has 33 heavy (non-hydrogen) atoms. The fourth-order valence-electron chi connectivity index (χ4n) is 3.98. The van der Waals surface area contributed by atoms with Crippen molar-refractivity contribution in [1.29, 1.82) is 0 Å². The number of aromatic nitrogens is 1. The minimum atomic E-state index is -3.71. The van der Waals surface area contributed by atoms with Crippen LogP contribution in [0.3, 0.4) is 0 Å². The summed E-state index contributed by atoms with van der Waals surface area (Å²) >= 11 is 1.65. The van der Waals surface area contributed by atoms with Crippen LogP contribution in [0.5, 0.6) is 0 Å². The molecule has 3 aromatic rings. The largest absolute Gasteiger partial charge is 0.336 e. The Bertz CT molecular complexity index is 1190. The Labute approximate surface area is 199 Å². The van der Waals surface area contributed by atoms with Crippen LogP contribution in [-0.4, -0.2) is 61.8 Å². The SMILES string of the molecule is CCN(c1ccccc1)S(=O)(=O)c1ccc(C(=O)N2CCN(Cc3csc(C)n3)CC2)cc1. The molecular formula is C24H28N4O3S2. The van der Waals surface area contributed by atoms with Gasteiger partial charge in [-0.15, -0.1) is 11.3 Å². The molecule has 4 rings (SSSR count). The summed E-state index contributed by atoms with van der Waals surface area (Å²) in [6.45, 7) is 7.78. The summed E-state index contributed by atoms with van der Waals surface area (Å²) in [5.41, 5.74) is 2.19. The van der Waals surface area contributed by atoms with Gasteiger partial charge in [-0.05, 0) is 50.2 Å². The molecule has 1 aliphatic rings. The third-order valence-electron chi connectivity index (χ3n) is 5.73. The van der Waals surface area contributed by atoms with E-state index in [9.17, 15) is 13.2 Å². The van der Waals surface area contributed by atoms with Crippen molar-refractivity contribution in [3.63, 3.8) is 0 Å². The van der Waals surface area contributed by atoms with Crippen LogP contribution >= 0.6 is 11.3 Å². The molecule has 0 spiro atoms. The lowest BCUT2D eigenvalue weighted by atomic mass is 10.2. The summed E-state index contributed by atoms with van der Waals surface area (Å²) in [5.74, 6) is -0.0708. The first-order valence-electron chi connectivity index (χ1n) is 11.0. The van der Waals surface area contributed by atoms with Crippen LogP contribution in [0.2, 0.25) is 0 Å². The maximum absolute atomic E-state index is 13.2. The van der Waals surface area contributed by atoms with Crippen LogP contribution < -0.4 is 4.31 Å². The molecule has 0 unspecified atom stereocenters. The molecule has 2 heterocycles. The molecule has 174 valence electrons.